The van der Waals surface area contributed by atoms with Crippen molar-refractivity contribution >= 4 is 5.91 Å². The molecule has 2 N–H and O–H groups in total. The molecule has 0 spiro atoms. The summed E-state index contributed by atoms with van der Waals surface area (Å²) in [7, 11) is 0. The Morgan fingerprint density at radius 1 is 1.27 bits per heavy atom. The number of carbonyl (C=O) groups excluding carboxylic acids is 1. The van der Waals surface area contributed by atoms with Gasteiger partial charge in [-0.1, -0.05) is 0 Å². The van der Waals surface area contributed by atoms with Crippen molar-refractivity contribution in [2.24, 2.45) is 0 Å². The van der Waals surface area contributed by atoms with Crippen molar-refractivity contribution in [2.75, 3.05) is 26.3 Å². The molecule has 0 aliphatic carbocycles. The maximum absolute atomic E-state index is 12.2. The third kappa shape index (κ3) is 4.63. The van der Waals surface area contributed by atoms with Gasteiger partial charge in [0.15, 0.2) is 11.5 Å². The monoisotopic (exact) mass is 306 g/mol. The Hall–Kier alpha value is -1.75. The normalized spacial score (nSPS) is 17.3. The molecule has 1 heterocycles. The lowest BCUT2D eigenvalue weighted by Crippen LogP contribution is -2.30. The Labute approximate surface area is 132 Å². The van der Waals surface area contributed by atoms with Gasteiger partial charge in [0, 0.05) is 18.2 Å². The highest BCUT2D eigenvalue weighted by molar-refractivity contribution is 5.94. The molecule has 0 aromatic heterocycles. The first-order chi connectivity index (χ1) is 10.7. The number of carbonyl (C=O) groups is 1. The van der Waals surface area contributed by atoms with E-state index in [0.29, 0.717) is 42.9 Å². The lowest BCUT2D eigenvalue weighted by atomic mass is 10.1. The Bertz CT molecular complexity index is 485. The van der Waals surface area contributed by atoms with Gasteiger partial charge in [-0.2, -0.15) is 0 Å². The molecule has 1 aromatic rings. The molecule has 0 saturated carbocycles. The number of ether oxygens (including phenoxy) is 2. The van der Waals surface area contributed by atoms with E-state index in [2.05, 4.69) is 10.6 Å². The Kier molecular flexibility index (Phi) is 6.52. The van der Waals surface area contributed by atoms with Gasteiger partial charge in [-0.3, -0.25) is 4.79 Å². The second-order valence-corrected chi connectivity index (χ2v) is 5.37. The smallest absolute Gasteiger partial charge is 0.251 e. The van der Waals surface area contributed by atoms with Crippen LogP contribution >= 0.6 is 0 Å². The molecule has 1 aliphatic rings. The Balaban J connectivity index is 1.91. The minimum atomic E-state index is -0.0676. The quantitative estimate of drug-likeness (QED) is 0.774. The molecule has 1 atom stereocenters. The third-order valence-electron chi connectivity index (χ3n) is 3.75. The van der Waals surface area contributed by atoms with E-state index in [0.717, 1.165) is 13.0 Å². The van der Waals surface area contributed by atoms with E-state index in [1.54, 1.807) is 18.2 Å². The van der Waals surface area contributed by atoms with E-state index in [-0.39, 0.29) is 5.91 Å². The van der Waals surface area contributed by atoms with Crippen LogP contribution in [0.25, 0.3) is 0 Å². The molecule has 22 heavy (non-hydrogen) atoms. The first kappa shape index (κ1) is 16.6. The number of nitrogens with one attached hydrogen (secondary N) is 2. The molecular formula is C17H26N2O3. The van der Waals surface area contributed by atoms with Gasteiger partial charge < -0.3 is 20.1 Å². The van der Waals surface area contributed by atoms with Crippen LogP contribution in [0.4, 0.5) is 0 Å². The van der Waals surface area contributed by atoms with Crippen LogP contribution in [-0.4, -0.2) is 38.3 Å². The van der Waals surface area contributed by atoms with E-state index in [4.69, 9.17) is 9.47 Å². The summed E-state index contributed by atoms with van der Waals surface area (Å²) in [5, 5.41) is 6.40. The van der Waals surface area contributed by atoms with Gasteiger partial charge in [0.1, 0.15) is 0 Å². The second kappa shape index (κ2) is 8.63. The minimum absolute atomic E-state index is 0.0676. The summed E-state index contributed by atoms with van der Waals surface area (Å²) in [5.74, 6) is 1.23. The molecular weight excluding hydrogens is 280 g/mol. The van der Waals surface area contributed by atoms with Crippen LogP contribution in [0.5, 0.6) is 11.5 Å². The molecule has 1 saturated heterocycles. The average Bonchev–Trinajstić information content (AvgIpc) is 3.02. The highest BCUT2D eigenvalue weighted by Gasteiger charge is 2.15. The van der Waals surface area contributed by atoms with Crippen LogP contribution in [0.15, 0.2) is 18.2 Å². The molecule has 122 valence electrons. The summed E-state index contributed by atoms with van der Waals surface area (Å²) in [6.07, 6.45) is 3.41. The summed E-state index contributed by atoms with van der Waals surface area (Å²) in [6.45, 7) is 6.73. The summed E-state index contributed by atoms with van der Waals surface area (Å²) < 4.78 is 11.1. The number of hydrogen-bond acceptors (Lipinski definition) is 4. The van der Waals surface area contributed by atoms with Gasteiger partial charge in [0.05, 0.1) is 13.2 Å². The fourth-order valence-corrected chi connectivity index (χ4v) is 2.66. The number of benzene rings is 1. The van der Waals surface area contributed by atoms with Crippen molar-refractivity contribution in [3.8, 4) is 11.5 Å². The molecule has 0 unspecified atom stereocenters. The zero-order valence-corrected chi connectivity index (χ0v) is 13.5. The van der Waals surface area contributed by atoms with Crippen LogP contribution < -0.4 is 20.1 Å². The highest BCUT2D eigenvalue weighted by atomic mass is 16.5. The molecule has 0 bridgehead atoms. The van der Waals surface area contributed by atoms with Crippen LogP contribution in [0.1, 0.15) is 43.5 Å². The lowest BCUT2D eigenvalue weighted by Gasteiger charge is -2.13. The zero-order valence-electron chi connectivity index (χ0n) is 13.5. The first-order valence-corrected chi connectivity index (χ1v) is 8.15. The van der Waals surface area contributed by atoms with Crippen LogP contribution in [0.2, 0.25) is 0 Å². The van der Waals surface area contributed by atoms with Gasteiger partial charge in [-0.05, 0) is 57.9 Å². The van der Waals surface area contributed by atoms with Crippen LogP contribution in [0, 0.1) is 0 Å². The SMILES string of the molecule is CCOc1ccc(C(=O)NCC[C@H]2CCCN2)cc1OCC. The summed E-state index contributed by atoms with van der Waals surface area (Å²) >= 11 is 0. The van der Waals surface area contributed by atoms with E-state index < -0.39 is 0 Å². The second-order valence-electron chi connectivity index (χ2n) is 5.37. The van der Waals surface area contributed by atoms with Crippen molar-refractivity contribution in [1.82, 2.24) is 10.6 Å². The Morgan fingerprint density at radius 3 is 2.73 bits per heavy atom. The van der Waals surface area contributed by atoms with Crippen LogP contribution in [0.3, 0.4) is 0 Å². The minimum Gasteiger partial charge on any atom is -0.490 e. The predicted octanol–water partition coefficient (Wildman–Crippen LogP) is 2.36. The molecule has 1 aromatic carbocycles. The third-order valence-corrected chi connectivity index (χ3v) is 3.75. The van der Waals surface area contributed by atoms with Gasteiger partial charge in [-0.25, -0.2) is 0 Å². The number of rotatable bonds is 8. The molecule has 1 aliphatic heterocycles. The van der Waals surface area contributed by atoms with Gasteiger partial charge >= 0.3 is 0 Å². The standard InChI is InChI=1S/C17H26N2O3/c1-3-21-15-8-7-13(12-16(15)22-4-2)17(20)19-11-9-14-6-5-10-18-14/h7-8,12,14,18H,3-6,9-11H2,1-2H3,(H,19,20)/t14-/m1/s1. The average molecular weight is 306 g/mol. The van der Waals surface area contributed by atoms with Crippen molar-refractivity contribution in [2.45, 2.75) is 39.2 Å². The van der Waals surface area contributed by atoms with Crippen molar-refractivity contribution in [1.29, 1.82) is 0 Å². The molecule has 1 fully saturated rings. The molecule has 5 nitrogen and oxygen atoms in total. The lowest BCUT2D eigenvalue weighted by molar-refractivity contribution is 0.0952. The zero-order chi connectivity index (χ0) is 15.8. The molecule has 5 heteroatoms. The van der Waals surface area contributed by atoms with E-state index >= 15 is 0 Å². The summed E-state index contributed by atoms with van der Waals surface area (Å²) in [5.41, 5.74) is 0.603. The maximum Gasteiger partial charge on any atom is 0.251 e. The summed E-state index contributed by atoms with van der Waals surface area (Å²) in [6, 6.07) is 5.86. The van der Waals surface area contributed by atoms with Gasteiger partial charge in [0.2, 0.25) is 0 Å². The summed E-state index contributed by atoms with van der Waals surface area (Å²) in [4.78, 5) is 12.2. The fourth-order valence-electron chi connectivity index (χ4n) is 2.66. The molecule has 0 radical (unpaired) electrons. The van der Waals surface area contributed by atoms with Crippen molar-refractivity contribution < 1.29 is 14.3 Å². The number of amides is 1. The Morgan fingerprint density at radius 2 is 2.05 bits per heavy atom. The largest absolute Gasteiger partial charge is 0.490 e. The first-order valence-electron chi connectivity index (χ1n) is 8.15. The molecule has 1 amide bonds. The number of hydrogen-bond donors (Lipinski definition) is 2. The van der Waals surface area contributed by atoms with Gasteiger partial charge in [0.25, 0.3) is 5.91 Å². The van der Waals surface area contributed by atoms with E-state index in [1.807, 2.05) is 13.8 Å². The molecule has 2 rings (SSSR count). The topological polar surface area (TPSA) is 59.6 Å². The van der Waals surface area contributed by atoms with E-state index in [1.165, 1.54) is 12.8 Å². The predicted molar refractivity (Wildman–Crippen MR) is 86.8 cm³/mol. The fraction of sp³-hybridized carbons (Fsp3) is 0.588. The highest BCUT2D eigenvalue weighted by Crippen LogP contribution is 2.28. The van der Waals surface area contributed by atoms with Crippen molar-refractivity contribution in [3.63, 3.8) is 0 Å². The maximum atomic E-state index is 12.2. The van der Waals surface area contributed by atoms with Gasteiger partial charge in [-0.15, -0.1) is 0 Å². The van der Waals surface area contributed by atoms with Crippen LogP contribution in [-0.2, 0) is 0 Å². The van der Waals surface area contributed by atoms with E-state index in [9.17, 15) is 4.79 Å². The van der Waals surface area contributed by atoms with Crippen molar-refractivity contribution in [3.05, 3.63) is 23.8 Å².